The third kappa shape index (κ3) is 4.11. The second-order valence-corrected chi connectivity index (χ2v) is 5.08. The van der Waals surface area contributed by atoms with E-state index < -0.39 is 4.92 Å². The lowest BCUT2D eigenvalue weighted by atomic mass is 10.2. The molecule has 0 aliphatic rings. The molecule has 2 N–H and O–H groups in total. The van der Waals surface area contributed by atoms with Crippen molar-refractivity contribution in [2.75, 3.05) is 0 Å². The fraction of sp³-hybridized carbons (Fsp3) is 0.0769. The van der Waals surface area contributed by atoms with Crippen LogP contribution < -0.4 is 5.43 Å². The van der Waals surface area contributed by atoms with Crippen molar-refractivity contribution in [2.45, 2.75) is 6.42 Å². The lowest BCUT2D eigenvalue weighted by molar-refractivity contribution is -0.384. The minimum Gasteiger partial charge on any atom is -0.507 e. The number of non-ortho nitro benzene ring substituents is 1. The summed E-state index contributed by atoms with van der Waals surface area (Å²) < 4.78 is 0. The Labute approximate surface area is 123 Å². The average molecular weight is 305 g/mol. The maximum Gasteiger partial charge on any atom is 0.270 e. The molecule has 8 heteroatoms. The summed E-state index contributed by atoms with van der Waals surface area (Å²) in [6.45, 7) is 0. The van der Waals surface area contributed by atoms with E-state index in [1.807, 2.05) is 17.5 Å². The van der Waals surface area contributed by atoms with Gasteiger partial charge in [0, 0.05) is 22.6 Å². The number of phenols is 1. The first-order valence-corrected chi connectivity index (χ1v) is 6.76. The van der Waals surface area contributed by atoms with E-state index >= 15 is 0 Å². The number of nitro benzene ring substituents is 1. The van der Waals surface area contributed by atoms with Crippen LogP contribution in [-0.4, -0.2) is 22.2 Å². The molecular formula is C13H11N3O4S. The van der Waals surface area contributed by atoms with Crippen molar-refractivity contribution in [2.24, 2.45) is 5.10 Å². The van der Waals surface area contributed by atoms with E-state index in [4.69, 9.17) is 0 Å². The summed E-state index contributed by atoms with van der Waals surface area (Å²) in [6, 6.07) is 7.23. The van der Waals surface area contributed by atoms with Crippen molar-refractivity contribution in [3.8, 4) is 5.75 Å². The highest BCUT2D eigenvalue weighted by Gasteiger charge is 2.09. The number of nitrogens with zero attached hydrogens (tertiary/aromatic N) is 2. The molecule has 108 valence electrons. The molecule has 0 fully saturated rings. The molecule has 1 aromatic carbocycles. The monoisotopic (exact) mass is 305 g/mol. The van der Waals surface area contributed by atoms with Crippen LogP contribution in [0.15, 0.2) is 40.8 Å². The van der Waals surface area contributed by atoms with Crippen LogP contribution in [0.5, 0.6) is 5.75 Å². The fourth-order valence-electron chi connectivity index (χ4n) is 1.54. The molecule has 0 bridgehead atoms. The maximum atomic E-state index is 11.6. The normalized spacial score (nSPS) is 10.7. The van der Waals surface area contributed by atoms with Crippen LogP contribution in [0.1, 0.15) is 10.4 Å². The van der Waals surface area contributed by atoms with Gasteiger partial charge >= 0.3 is 0 Å². The fourth-order valence-corrected chi connectivity index (χ4v) is 2.25. The Balaban J connectivity index is 1.99. The van der Waals surface area contributed by atoms with E-state index in [1.165, 1.54) is 29.5 Å². The number of nitro groups is 1. The molecule has 0 saturated heterocycles. The molecule has 7 nitrogen and oxygen atoms in total. The number of rotatable bonds is 5. The third-order valence-corrected chi connectivity index (χ3v) is 3.41. The van der Waals surface area contributed by atoms with Crippen molar-refractivity contribution in [3.05, 3.63) is 56.3 Å². The topological polar surface area (TPSA) is 105 Å². The van der Waals surface area contributed by atoms with Gasteiger partial charge in [-0.05, 0) is 17.5 Å². The maximum absolute atomic E-state index is 11.6. The molecule has 0 atom stereocenters. The number of carbonyl (C=O) groups is 1. The molecular weight excluding hydrogens is 294 g/mol. The summed E-state index contributed by atoms with van der Waals surface area (Å²) >= 11 is 1.46. The van der Waals surface area contributed by atoms with Crippen molar-refractivity contribution in [1.82, 2.24) is 5.43 Å². The third-order valence-electron chi connectivity index (χ3n) is 2.53. The van der Waals surface area contributed by atoms with Crippen molar-refractivity contribution >= 4 is 29.1 Å². The van der Waals surface area contributed by atoms with E-state index in [0.29, 0.717) is 0 Å². The highest BCUT2D eigenvalue weighted by Crippen LogP contribution is 2.21. The van der Waals surface area contributed by atoms with Crippen LogP contribution in [0.25, 0.3) is 0 Å². The van der Waals surface area contributed by atoms with Crippen LogP contribution in [0.2, 0.25) is 0 Å². The number of hydrazone groups is 1. The molecule has 0 aliphatic heterocycles. The highest BCUT2D eigenvalue weighted by molar-refractivity contribution is 7.10. The molecule has 0 spiro atoms. The van der Waals surface area contributed by atoms with E-state index in [-0.39, 0.29) is 29.3 Å². The van der Waals surface area contributed by atoms with Crippen molar-refractivity contribution < 1.29 is 14.8 Å². The number of thiophene rings is 1. The van der Waals surface area contributed by atoms with Crippen molar-refractivity contribution in [3.63, 3.8) is 0 Å². The Hall–Kier alpha value is -2.74. The Morgan fingerprint density at radius 3 is 2.95 bits per heavy atom. The number of phenolic OH excluding ortho intramolecular Hbond substituents is 1. The second-order valence-electron chi connectivity index (χ2n) is 4.05. The number of hydrogen-bond donors (Lipinski definition) is 2. The van der Waals surface area contributed by atoms with E-state index in [0.717, 1.165) is 11.1 Å². The van der Waals surface area contributed by atoms with E-state index in [2.05, 4.69) is 10.5 Å². The number of aromatic hydroxyl groups is 1. The minimum absolute atomic E-state index is 0.153. The van der Waals surface area contributed by atoms with Gasteiger partial charge in [0.1, 0.15) is 5.75 Å². The molecule has 1 heterocycles. The second kappa shape index (κ2) is 6.62. The Kier molecular flexibility index (Phi) is 4.62. The Bertz CT molecular complexity index is 683. The zero-order valence-corrected chi connectivity index (χ0v) is 11.5. The summed E-state index contributed by atoms with van der Waals surface area (Å²) in [5.74, 6) is -0.463. The van der Waals surface area contributed by atoms with Gasteiger partial charge in [0.2, 0.25) is 5.91 Å². The average Bonchev–Trinajstić information content (AvgIpc) is 2.93. The number of nitrogens with one attached hydrogen (secondary N) is 1. The van der Waals surface area contributed by atoms with Crippen molar-refractivity contribution in [1.29, 1.82) is 0 Å². The Morgan fingerprint density at radius 1 is 1.48 bits per heavy atom. The number of amides is 1. The lowest BCUT2D eigenvalue weighted by Gasteiger charge is -2.00. The quantitative estimate of drug-likeness (QED) is 0.501. The summed E-state index contributed by atoms with van der Waals surface area (Å²) in [6.07, 6.45) is 1.37. The number of carbonyl (C=O) groups excluding carboxylic acids is 1. The highest BCUT2D eigenvalue weighted by atomic mass is 32.1. The molecule has 0 saturated carbocycles. The van der Waals surface area contributed by atoms with Gasteiger partial charge in [0.15, 0.2) is 0 Å². The molecule has 0 radical (unpaired) electrons. The lowest BCUT2D eigenvalue weighted by Crippen LogP contribution is -2.19. The SMILES string of the molecule is O=C(Cc1cccs1)N/N=C/c1cc([N+](=O)[O-])ccc1O. The van der Waals surface area contributed by atoms with Crippen LogP contribution in [0.4, 0.5) is 5.69 Å². The van der Waals surface area contributed by atoms with Gasteiger partial charge in [-0.15, -0.1) is 11.3 Å². The van der Waals surface area contributed by atoms with Gasteiger partial charge in [-0.1, -0.05) is 6.07 Å². The number of hydrogen-bond acceptors (Lipinski definition) is 6. The first kappa shape index (κ1) is 14.7. The van der Waals surface area contributed by atoms with Gasteiger partial charge in [-0.2, -0.15) is 5.10 Å². The summed E-state index contributed by atoms with van der Waals surface area (Å²) in [4.78, 5) is 22.5. The Morgan fingerprint density at radius 2 is 2.29 bits per heavy atom. The predicted molar refractivity (Wildman–Crippen MR) is 78.5 cm³/mol. The van der Waals surface area contributed by atoms with Crippen LogP contribution in [0.3, 0.4) is 0 Å². The molecule has 0 unspecified atom stereocenters. The summed E-state index contributed by atoms with van der Waals surface area (Å²) in [5.41, 5.74) is 2.29. The molecule has 2 rings (SSSR count). The van der Waals surface area contributed by atoms with Crippen LogP contribution in [0, 0.1) is 10.1 Å². The van der Waals surface area contributed by atoms with Gasteiger partial charge in [-0.3, -0.25) is 14.9 Å². The van der Waals surface area contributed by atoms with Crippen LogP contribution in [-0.2, 0) is 11.2 Å². The molecule has 2 aromatic rings. The first-order chi connectivity index (χ1) is 10.1. The van der Waals surface area contributed by atoms with Gasteiger partial charge in [-0.25, -0.2) is 5.43 Å². The number of benzene rings is 1. The van der Waals surface area contributed by atoms with Gasteiger partial charge in [0.05, 0.1) is 17.6 Å². The molecule has 1 amide bonds. The molecule has 1 aromatic heterocycles. The first-order valence-electron chi connectivity index (χ1n) is 5.88. The minimum atomic E-state index is -0.577. The standard InChI is InChI=1S/C13H11N3O4S/c17-12-4-3-10(16(19)20)6-9(12)8-14-15-13(18)7-11-2-1-5-21-11/h1-6,8,17H,7H2,(H,15,18)/b14-8+. The zero-order chi connectivity index (χ0) is 15.2. The zero-order valence-electron chi connectivity index (χ0n) is 10.7. The van der Waals surface area contributed by atoms with E-state index in [1.54, 1.807) is 0 Å². The predicted octanol–water partition coefficient (Wildman–Crippen LogP) is 2.05. The smallest absolute Gasteiger partial charge is 0.270 e. The largest absolute Gasteiger partial charge is 0.507 e. The summed E-state index contributed by atoms with van der Waals surface area (Å²) in [7, 11) is 0. The molecule has 0 aliphatic carbocycles. The summed E-state index contributed by atoms with van der Waals surface area (Å²) in [5, 5.41) is 25.7. The van der Waals surface area contributed by atoms with Gasteiger partial charge < -0.3 is 5.11 Å². The van der Waals surface area contributed by atoms with Gasteiger partial charge in [0.25, 0.3) is 5.69 Å². The van der Waals surface area contributed by atoms with E-state index in [9.17, 15) is 20.0 Å². The molecule has 21 heavy (non-hydrogen) atoms. The van der Waals surface area contributed by atoms with Crippen LogP contribution >= 0.6 is 11.3 Å².